The molecule has 1 fully saturated rings. The predicted molar refractivity (Wildman–Crippen MR) is 116 cm³/mol. The van der Waals surface area contributed by atoms with E-state index in [9.17, 15) is 13.2 Å². The summed E-state index contributed by atoms with van der Waals surface area (Å²) in [4.78, 5) is 23.7. The van der Waals surface area contributed by atoms with Crippen LogP contribution in [0.15, 0.2) is 29.4 Å². The molecule has 9 nitrogen and oxygen atoms in total. The van der Waals surface area contributed by atoms with Crippen molar-refractivity contribution in [3.63, 3.8) is 0 Å². The highest BCUT2D eigenvalue weighted by molar-refractivity contribution is 7.90. The molecule has 168 valence electrons. The number of nitrogens with two attached hydrogens (primary N) is 2. The third kappa shape index (κ3) is 6.56. The number of carbonyl (C=O) groups is 1. The number of pyridine rings is 1. The lowest BCUT2D eigenvalue weighted by atomic mass is 9.94. The van der Waals surface area contributed by atoms with Crippen LogP contribution in [0.3, 0.4) is 0 Å². The maximum absolute atomic E-state index is 12.6. The van der Waals surface area contributed by atoms with Crippen LogP contribution >= 0.6 is 23.2 Å². The molecule has 2 aromatic heterocycles. The van der Waals surface area contributed by atoms with Crippen LogP contribution < -0.4 is 15.4 Å². The molecular weight excluding hydrogens is 463 g/mol. The predicted octanol–water partition coefficient (Wildman–Crippen LogP) is 0.634. The Kier molecular flexibility index (Phi) is 7.48. The molecule has 0 aliphatic carbocycles. The minimum atomic E-state index is -4.20. The van der Waals surface area contributed by atoms with Crippen molar-refractivity contribution in [1.82, 2.24) is 19.7 Å². The van der Waals surface area contributed by atoms with Crippen molar-refractivity contribution in [3.05, 3.63) is 40.4 Å². The van der Waals surface area contributed by atoms with E-state index in [0.29, 0.717) is 17.3 Å². The standard InChI is InChI=1S/C19H24Cl2N6O3S/c1-19(2)9-12(10-24-19)5-4-8-22-14-6-3-7-15(25-14)31(29,30)27-17(28)13-11-23-18(21)26-16(13)20/h3,6-7,11-12,24H,4-5,8-10H2,1-2H3,(H,22,25)(H,27,28)/p+2/t12-/m0/s1. The number of amides is 1. The highest BCUT2D eigenvalue weighted by Gasteiger charge is 2.34. The van der Waals surface area contributed by atoms with Gasteiger partial charge in [0, 0.05) is 24.6 Å². The normalized spacial score (nSPS) is 18.1. The first-order valence-electron chi connectivity index (χ1n) is 9.95. The van der Waals surface area contributed by atoms with Crippen molar-refractivity contribution < 1.29 is 23.8 Å². The van der Waals surface area contributed by atoms with Gasteiger partial charge in [0.05, 0.1) is 24.2 Å². The Balaban J connectivity index is 1.57. The second kappa shape index (κ2) is 9.74. The molecule has 1 aliphatic heterocycles. The lowest BCUT2D eigenvalue weighted by Crippen LogP contribution is -2.91. The number of hydrogen-bond donors (Lipinski definition) is 3. The zero-order valence-electron chi connectivity index (χ0n) is 17.3. The van der Waals surface area contributed by atoms with Crippen LogP contribution in [0.2, 0.25) is 10.4 Å². The van der Waals surface area contributed by atoms with Crippen LogP contribution in [0.1, 0.15) is 43.5 Å². The minimum Gasteiger partial charge on any atom is -0.342 e. The number of rotatable bonds is 8. The van der Waals surface area contributed by atoms with Crippen molar-refractivity contribution in [3.8, 4) is 0 Å². The van der Waals surface area contributed by atoms with Crippen LogP contribution in [0, 0.1) is 5.92 Å². The summed E-state index contributed by atoms with van der Waals surface area (Å²) >= 11 is 11.4. The van der Waals surface area contributed by atoms with Gasteiger partial charge in [-0.1, -0.05) is 17.7 Å². The van der Waals surface area contributed by atoms with Crippen molar-refractivity contribution in [1.29, 1.82) is 0 Å². The van der Waals surface area contributed by atoms with Crippen LogP contribution in [-0.2, 0) is 10.0 Å². The topological polar surface area (TPSA) is 135 Å². The van der Waals surface area contributed by atoms with E-state index in [-0.39, 0.29) is 21.0 Å². The number of nitrogens with one attached hydrogen (secondary N) is 1. The van der Waals surface area contributed by atoms with Gasteiger partial charge in [0.25, 0.3) is 15.9 Å². The number of carbonyl (C=O) groups excluding carboxylic acids is 1. The van der Waals surface area contributed by atoms with Gasteiger partial charge in [-0.05, 0) is 44.4 Å². The quantitative estimate of drug-likeness (QED) is 0.283. The van der Waals surface area contributed by atoms with E-state index >= 15 is 0 Å². The summed E-state index contributed by atoms with van der Waals surface area (Å²) in [5, 5.41) is 3.66. The molecule has 0 radical (unpaired) electrons. The molecule has 3 rings (SSSR count). The summed E-state index contributed by atoms with van der Waals surface area (Å²) in [5.74, 6) is 0.289. The summed E-state index contributed by atoms with van der Waals surface area (Å²) in [7, 11) is -4.20. The van der Waals surface area contributed by atoms with Crippen LogP contribution in [0.5, 0.6) is 0 Å². The van der Waals surface area contributed by atoms with Crippen molar-refractivity contribution in [2.24, 2.45) is 5.92 Å². The largest absolute Gasteiger partial charge is 0.342 e. The first kappa shape index (κ1) is 23.8. The van der Waals surface area contributed by atoms with Gasteiger partial charge in [-0.2, -0.15) is 13.4 Å². The molecule has 1 aliphatic rings. The molecule has 0 spiro atoms. The van der Waals surface area contributed by atoms with Crippen LogP contribution in [0.4, 0.5) is 5.82 Å². The van der Waals surface area contributed by atoms with Gasteiger partial charge in [-0.3, -0.25) is 10.1 Å². The van der Waals surface area contributed by atoms with E-state index in [1.54, 1.807) is 12.1 Å². The molecule has 5 N–H and O–H groups in total. The third-order valence-corrected chi connectivity index (χ3v) is 6.90. The van der Waals surface area contributed by atoms with Gasteiger partial charge in [0.15, 0.2) is 5.03 Å². The summed E-state index contributed by atoms with van der Waals surface area (Å²) in [6.07, 6.45) is 4.41. The fraction of sp³-hybridized carbons (Fsp3) is 0.474. The van der Waals surface area contributed by atoms with Gasteiger partial charge >= 0.3 is 0 Å². The third-order valence-electron chi connectivity index (χ3n) is 5.19. The lowest BCUT2D eigenvalue weighted by molar-refractivity contribution is -0.702. The Labute approximate surface area is 191 Å². The molecule has 1 atom stereocenters. The molecule has 12 heteroatoms. The van der Waals surface area contributed by atoms with Gasteiger partial charge in [0.1, 0.15) is 5.15 Å². The maximum Gasteiger partial charge on any atom is 0.282 e. The van der Waals surface area contributed by atoms with E-state index in [4.69, 9.17) is 23.2 Å². The molecular formula is C19H26Cl2N6O3S+2. The van der Waals surface area contributed by atoms with E-state index in [1.165, 1.54) is 12.5 Å². The smallest absolute Gasteiger partial charge is 0.282 e. The second-order valence-corrected chi connectivity index (χ2v) is 10.6. The van der Waals surface area contributed by atoms with Gasteiger partial charge in [-0.25, -0.2) is 14.7 Å². The number of hydrogen-bond acceptors (Lipinski definition) is 6. The molecule has 3 heterocycles. The lowest BCUT2D eigenvalue weighted by Gasteiger charge is -2.12. The number of nitrogens with zero attached hydrogens (tertiary/aromatic N) is 3. The Morgan fingerprint density at radius 1 is 1.32 bits per heavy atom. The molecule has 0 saturated carbocycles. The highest BCUT2D eigenvalue weighted by Crippen LogP contribution is 2.21. The monoisotopic (exact) mass is 488 g/mol. The summed E-state index contributed by atoms with van der Waals surface area (Å²) < 4.78 is 27.1. The molecule has 0 bridgehead atoms. The summed E-state index contributed by atoms with van der Waals surface area (Å²) in [5.41, 5.74) is 0.121. The van der Waals surface area contributed by atoms with E-state index < -0.39 is 15.9 Å². The van der Waals surface area contributed by atoms with Crippen molar-refractivity contribution in [2.45, 2.75) is 43.7 Å². The van der Waals surface area contributed by atoms with Gasteiger partial charge < -0.3 is 5.32 Å². The number of halogens is 2. The Morgan fingerprint density at radius 2 is 2.10 bits per heavy atom. The Morgan fingerprint density at radius 3 is 2.77 bits per heavy atom. The summed E-state index contributed by atoms with van der Waals surface area (Å²) in [6.45, 7) is 6.49. The van der Waals surface area contributed by atoms with Crippen molar-refractivity contribution >= 4 is 45.0 Å². The number of sulfonamides is 1. The first-order valence-corrected chi connectivity index (χ1v) is 12.2. The zero-order chi connectivity index (χ0) is 22.6. The zero-order valence-corrected chi connectivity index (χ0v) is 19.6. The van der Waals surface area contributed by atoms with Crippen LogP contribution in [-0.4, -0.2) is 47.9 Å². The van der Waals surface area contributed by atoms with Crippen LogP contribution in [0.25, 0.3) is 0 Å². The van der Waals surface area contributed by atoms with Gasteiger partial charge in [0.2, 0.25) is 11.1 Å². The van der Waals surface area contributed by atoms with Gasteiger partial charge in [-0.15, -0.1) is 0 Å². The Bertz CT molecular complexity index is 1060. The fourth-order valence-corrected chi connectivity index (χ4v) is 5.02. The number of aromatic nitrogens is 3. The average Bonchev–Trinajstić information content (AvgIpc) is 3.03. The van der Waals surface area contributed by atoms with E-state index in [0.717, 1.165) is 32.1 Å². The highest BCUT2D eigenvalue weighted by atomic mass is 35.5. The molecule has 1 amide bonds. The second-order valence-electron chi connectivity index (χ2n) is 8.31. The Hall–Kier alpha value is -1.85. The molecule has 0 aromatic carbocycles. The van der Waals surface area contributed by atoms with Crippen molar-refractivity contribution in [2.75, 3.05) is 13.1 Å². The fourth-order valence-electron chi connectivity index (χ4n) is 3.69. The average molecular weight is 489 g/mol. The van der Waals surface area contributed by atoms with E-state index in [2.05, 4.69) is 34.1 Å². The number of quaternary nitrogens is 2. The summed E-state index contributed by atoms with van der Waals surface area (Å²) in [6, 6.07) is 4.64. The molecule has 2 aromatic rings. The maximum atomic E-state index is 12.6. The first-order chi connectivity index (χ1) is 14.6. The minimum absolute atomic E-state index is 0.149. The molecule has 0 unspecified atom stereocenters. The SMILES string of the molecule is CC1(C)C[C@H](CCC[NH2+]c2cccc(S(=O)(=O)NC(=O)c3cnc(Cl)nc3Cl)n2)C[NH2+]1. The van der Waals surface area contributed by atoms with E-state index in [1.807, 2.05) is 10.0 Å². The molecule has 31 heavy (non-hydrogen) atoms. The molecule has 1 saturated heterocycles.